The molecule has 18 heavy (non-hydrogen) atoms. The summed E-state index contributed by atoms with van der Waals surface area (Å²) in [6.45, 7) is 0.201. The van der Waals surface area contributed by atoms with Crippen molar-refractivity contribution >= 4 is 21.5 Å². The molecule has 6 nitrogen and oxygen atoms in total. The molecule has 0 aromatic carbocycles. The summed E-state index contributed by atoms with van der Waals surface area (Å²) in [5, 5.41) is 2.57. The van der Waals surface area contributed by atoms with E-state index in [2.05, 4.69) is 10.3 Å². The predicted molar refractivity (Wildman–Crippen MR) is 64.8 cm³/mol. The van der Waals surface area contributed by atoms with Gasteiger partial charge in [-0.15, -0.1) is 0 Å². The van der Waals surface area contributed by atoms with Crippen molar-refractivity contribution in [2.75, 3.05) is 29.3 Å². The van der Waals surface area contributed by atoms with Gasteiger partial charge in [-0.05, 0) is 6.42 Å². The number of nitrogens with one attached hydrogen (secondary N) is 2. The molecule has 0 bridgehead atoms. The first-order valence-electron chi connectivity index (χ1n) is 5.08. The molecule has 0 fully saturated rings. The molecule has 0 aliphatic heterocycles. The molecule has 0 unspecified atom stereocenters. The van der Waals surface area contributed by atoms with Gasteiger partial charge in [-0.25, -0.2) is 28.0 Å². The highest BCUT2D eigenvalue weighted by molar-refractivity contribution is 7.90. The van der Waals surface area contributed by atoms with Crippen molar-refractivity contribution in [3.8, 4) is 0 Å². The van der Waals surface area contributed by atoms with Crippen molar-refractivity contribution in [3.05, 3.63) is 17.7 Å². The Morgan fingerprint density at radius 2 is 1.94 bits per heavy atom. The zero-order valence-electron chi connectivity index (χ0n) is 9.70. The zero-order chi connectivity index (χ0) is 13.8. The van der Waals surface area contributed by atoms with E-state index in [1.54, 1.807) is 0 Å². The van der Waals surface area contributed by atoms with Gasteiger partial charge in [0.1, 0.15) is 9.84 Å². The van der Waals surface area contributed by atoms with Crippen molar-refractivity contribution in [1.82, 2.24) is 4.98 Å². The van der Waals surface area contributed by atoms with Crippen LogP contribution in [0.1, 0.15) is 6.42 Å². The maximum absolute atomic E-state index is 13.3. The van der Waals surface area contributed by atoms with E-state index >= 15 is 0 Å². The lowest BCUT2D eigenvalue weighted by molar-refractivity contribution is 0.578. The number of rotatable bonds is 6. The molecule has 102 valence electrons. The molecular formula is C9H14F2N4O2S. The highest BCUT2D eigenvalue weighted by atomic mass is 32.2. The Balaban J connectivity index is 2.62. The maximum atomic E-state index is 13.3. The summed E-state index contributed by atoms with van der Waals surface area (Å²) in [6.07, 6.45) is 1.41. The fourth-order valence-electron chi connectivity index (χ4n) is 1.23. The van der Waals surface area contributed by atoms with Crippen LogP contribution in [0.2, 0.25) is 0 Å². The molecule has 1 heterocycles. The van der Waals surface area contributed by atoms with Gasteiger partial charge >= 0.3 is 0 Å². The molecule has 1 aromatic rings. The lowest BCUT2D eigenvalue weighted by Crippen LogP contribution is -2.15. The van der Waals surface area contributed by atoms with Crippen molar-refractivity contribution < 1.29 is 17.2 Å². The molecule has 0 aliphatic carbocycles. The van der Waals surface area contributed by atoms with Crippen LogP contribution in [0.3, 0.4) is 0 Å². The molecule has 0 spiro atoms. The summed E-state index contributed by atoms with van der Waals surface area (Å²) in [5.74, 6) is 2.73. The van der Waals surface area contributed by atoms with Gasteiger partial charge in [-0.3, -0.25) is 0 Å². The van der Waals surface area contributed by atoms with E-state index in [1.165, 1.54) is 0 Å². The quantitative estimate of drug-likeness (QED) is 0.399. The van der Waals surface area contributed by atoms with Crippen LogP contribution >= 0.6 is 0 Å². The number of aromatic nitrogens is 1. The number of hydrazine groups is 1. The number of nitrogen functional groups attached to an aromatic ring is 1. The summed E-state index contributed by atoms with van der Waals surface area (Å²) < 4.78 is 48.0. The first kappa shape index (κ1) is 14.6. The largest absolute Gasteiger partial charge is 0.368 e. The minimum absolute atomic E-state index is 0.0230. The fourth-order valence-corrected chi connectivity index (χ4v) is 1.90. The molecule has 0 saturated heterocycles. The van der Waals surface area contributed by atoms with E-state index in [9.17, 15) is 17.2 Å². The topological polar surface area (TPSA) is 97.1 Å². The first-order valence-corrected chi connectivity index (χ1v) is 7.14. The average Bonchev–Trinajstić information content (AvgIpc) is 2.25. The second-order valence-corrected chi connectivity index (χ2v) is 5.96. The molecule has 9 heteroatoms. The third kappa shape index (κ3) is 4.41. The van der Waals surface area contributed by atoms with Crippen molar-refractivity contribution in [2.24, 2.45) is 5.84 Å². The molecule has 1 rings (SSSR count). The van der Waals surface area contributed by atoms with Crippen LogP contribution < -0.4 is 16.6 Å². The first-order chi connectivity index (χ1) is 8.33. The number of hydrogen-bond acceptors (Lipinski definition) is 6. The lowest BCUT2D eigenvalue weighted by Gasteiger charge is -2.08. The van der Waals surface area contributed by atoms with Gasteiger partial charge in [0.25, 0.3) is 0 Å². The van der Waals surface area contributed by atoms with Crippen LogP contribution in [0.25, 0.3) is 0 Å². The highest BCUT2D eigenvalue weighted by Crippen LogP contribution is 2.17. The third-order valence-corrected chi connectivity index (χ3v) is 3.08. The summed E-state index contributed by atoms with van der Waals surface area (Å²) in [7, 11) is -3.05. The fraction of sp³-hybridized carbons (Fsp3) is 0.444. The van der Waals surface area contributed by atoms with Gasteiger partial charge in [0.15, 0.2) is 23.3 Å². The Kier molecular flexibility index (Phi) is 4.79. The van der Waals surface area contributed by atoms with Gasteiger partial charge in [0.05, 0.1) is 5.75 Å². The Hall–Kier alpha value is -1.48. The number of halogens is 2. The number of pyridine rings is 1. The summed E-state index contributed by atoms with van der Waals surface area (Å²) in [5.41, 5.74) is 1.99. The second kappa shape index (κ2) is 5.91. The van der Waals surface area contributed by atoms with E-state index in [1.807, 2.05) is 5.43 Å². The van der Waals surface area contributed by atoms with Gasteiger partial charge in [0, 0.05) is 18.9 Å². The molecule has 4 N–H and O–H groups in total. The monoisotopic (exact) mass is 280 g/mol. The Labute approximate surface area is 103 Å². The number of anilines is 2. The number of sulfone groups is 1. The van der Waals surface area contributed by atoms with Crippen molar-refractivity contribution in [1.29, 1.82) is 0 Å². The maximum Gasteiger partial charge on any atom is 0.178 e. The Morgan fingerprint density at radius 1 is 1.33 bits per heavy atom. The van der Waals surface area contributed by atoms with Crippen LogP contribution in [-0.4, -0.2) is 32.0 Å². The van der Waals surface area contributed by atoms with E-state index in [0.717, 1.165) is 6.26 Å². The molecule has 0 amide bonds. The molecule has 0 aliphatic rings. The third-order valence-electron chi connectivity index (χ3n) is 2.05. The summed E-state index contributed by atoms with van der Waals surface area (Å²) in [6, 6.07) is 0.640. The number of hydrogen-bond donors (Lipinski definition) is 3. The number of nitrogens with zero attached hydrogens (tertiary/aromatic N) is 1. The van der Waals surface area contributed by atoms with Gasteiger partial charge in [0.2, 0.25) is 0 Å². The van der Waals surface area contributed by atoms with Gasteiger partial charge < -0.3 is 10.7 Å². The van der Waals surface area contributed by atoms with Gasteiger partial charge in [-0.2, -0.15) is 0 Å². The molecule has 0 saturated carbocycles. The Morgan fingerprint density at radius 3 is 2.50 bits per heavy atom. The van der Waals surface area contributed by atoms with Crippen LogP contribution in [0.15, 0.2) is 6.07 Å². The smallest absolute Gasteiger partial charge is 0.178 e. The van der Waals surface area contributed by atoms with Gasteiger partial charge in [-0.1, -0.05) is 0 Å². The minimum Gasteiger partial charge on any atom is -0.368 e. The molecule has 0 atom stereocenters. The van der Waals surface area contributed by atoms with E-state index in [4.69, 9.17) is 5.84 Å². The summed E-state index contributed by atoms with van der Waals surface area (Å²) >= 11 is 0. The SMILES string of the molecule is CS(=O)(=O)CCCNc1nc(NN)c(F)cc1F. The number of nitrogens with two attached hydrogens (primary N) is 1. The average molecular weight is 280 g/mol. The van der Waals surface area contributed by atoms with Crippen LogP contribution in [0.5, 0.6) is 0 Å². The standard InChI is InChI=1S/C9H14F2N4O2S/c1-18(16,17)4-2-3-13-8-6(10)5-7(11)9(14-8)15-12/h5H,2-4,12H2,1H3,(H2,13,14,15). The lowest BCUT2D eigenvalue weighted by atomic mass is 10.4. The summed E-state index contributed by atoms with van der Waals surface area (Å²) in [4.78, 5) is 3.58. The minimum atomic E-state index is -3.05. The van der Waals surface area contributed by atoms with Crippen molar-refractivity contribution in [3.63, 3.8) is 0 Å². The second-order valence-electron chi connectivity index (χ2n) is 3.70. The molecular weight excluding hydrogens is 266 g/mol. The molecule has 0 radical (unpaired) electrons. The van der Waals surface area contributed by atoms with Crippen LogP contribution in [0.4, 0.5) is 20.4 Å². The zero-order valence-corrected chi connectivity index (χ0v) is 10.5. The van der Waals surface area contributed by atoms with E-state index in [-0.39, 0.29) is 23.9 Å². The molecule has 1 aromatic heterocycles. The van der Waals surface area contributed by atoms with Crippen molar-refractivity contribution in [2.45, 2.75) is 6.42 Å². The predicted octanol–water partition coefficient (Wildman–Crippen LogP) is 0.492. The van der Waals surface area contributed by atoms with Crippen LogP contribution in [-0.2, 0) is 9.84 Å². The van der Waals surface area contributed by atoms with Crippen LogP contribution in [0, 0.1) is 11.6 Å². The Bertz CT molecular complexity index is 522. The van der Waals surface area contributed by atoms with E-state index < -0.39 is 21.5 Å². The highest BCUT2D eigenvalue weighted by Gasteiger charge is 2.11. The van der Waals surface area contributed by atoms with E-state index in [0.29, 0.717) is 12.5 Å². The normalized spacial score (nSPS) is 11.3.